The summed E-state index contributed by atoms with van der Waals surface area (Å²) >= 11 is 0. The molecule has 16 heavy (non-hydrogen) atoms. The van der Waals surface area contributed by atoms with Crippen LogP contribution in [0, 0.1) is 19.7 Å². The zero-order valence-electron chi connectivity index (χ0n) is 9.11. The second-order valence-electron chi connectivity index (χ2n) is 3.65. The van der Waals surface area contributed by atoms with E-state index in [1.165, 1.54) is 10.7 Å². The molecule has 0 aliphatic carbocycles. The maximum atomic E-state index is 13.6. The highest BCUT2D eigenvalue weighted by Crippen LogP contribution is 2.17. The van der Waals surface area contributed by atoms with E-state index in [2.05, 4.69) is 10.3 Å². The molecule has 4 nitrogen and oxygen atoms in total. The minimum atomic E-state index is -0.358. The highest BCUT2D eigenvalue weighted by molar-refractivity contribution is 5.37. The molecule has 0 unspecified atom stereocenters. The van der Waals surface area contributed by atoms with E-state index in [0.717, 1.165) is 5.56 Å². The Morgan fingerprint density at radius 2 is 2.12 bits per heavy atom. The molecule has 0 aliphatic rings. The maximum absolute atomic E-state index is 13.6. The number of aromatic nitrogens is 3. The Balaban J connectivity index is 2.58. The molecular formula is C11H12FN3O. The molecule has 0 fully saturated rings. The fourth-order valence-electron chi connectivity index (χ4n) is 1.52. The Morgan fingerprint density at radius 1 is 1.38 bits per heavy atom. The fraction of sp³-hybridized carbons (Fsp3) is 0.273. The van der Waals surface area contributed by atoms with Crippen molar-refractivity contribution in [2.75, 3.05) is 0 Å². The van der Waals surface area contributed by atoms with Crippen molar-refractivity contribution < 1.29 is 9.50 Å². The summed E-state index contributed by atoms with van der Waals surface area (Å²) in [6, 6.07) is 4.78. The first-order chi connectivity index (χ1) is 7.63. The normalized spacial score (nSPS) is 10.8. The van der Waals surface area contributed by atoms with Gasteiger partial charge in [-0.1, -0.05) is 11.3 Å². The van der Waals surface area contributed by atoms with Gasteiger partial charge in [-0.25, -0.2) is 9.07 Å². The highest BCUT2D eigenvalue weighted by Gasteiger charge is 2.12. The van der Waals surface area contributed by atoms with E-state index in [4.69, 9.17) is 5.11 Å². The van der Waals surface area contributed by atoms with Crippen LogP contribution in [0.15, 0.2) is 18.2 Å². The van der Waals surface area contributed by atoms with Crippen molar-refractivity contribution in [1.29, 1.82) is 0 Å². The number of halogens is 1. The van der Waals surface area contributed by atoms with Crippen LogP contribution in [-0.2, 0) is 6.61 Å². The smallest absolute Gasteiger partial charge is 0.148 e. The van der Waals surface area contributed by atoms with Crippen LogP contribution in [0.5, 0.6) is 0 Å². The Morgan fingerprint density at radius 3 is 2.75 bits per heavy atom. The standard InChI is InChI=1S/C11H12FN3O/c1-7-3-4-9(12)11(5-7)15-8(2)10(6-16)13-14-15/h3-5,16H,6H2,1-2H3. The van der Waals surface area contributed by atoms with Gasteiger partial charge in [-0.15, -0.1) is 5.10 Å². The second-order valence-corrected chi connectivity index (χ2v) is 3.65. The summed E-state index contributed by atoms with van der Waals surface area (Å²) < 4.78 is 15.0. The minimum Gasteiger partial charge on any atom is -0.390 e. The Hall–Kier alpha value is -1.75. The maximum Gasteiger partial charge on any atom is 0.148 e. The summed E-state index contributed by atoms with van der Waals surface area (Å²) in [5, 5.41) is 16.6. The van der Waals surface area contributed by atoms with Gasteiger partial charge in [0.2, 0.25) is 0 Å². The number of nitrogens with zero attached hydrogens (tertiary/aromatic N) is 3. The van der Waals surface area contributed by atoms with Crippen LogP contribution in [0.4, 0.5) is 4.39 Å². The van der Waals surface area contributed by atoms with E-state index in [1.807, 2.05) is 6.92 Å². The second kappa shape index (κ2) is 4.02. The zero-order valence-corrected chi connectivity index (χ0v) is 9.11. The molecule has 84 valence electrons. The first-order valence-electron chi connectivity index (χ1n) is 4.92. The monoisotopic (exact) mass is 221 g/mol. The summed E-state index contributed by atoms with van der Waals surface area (Å²) in [4.78, 5) is 0. The lowest BCUT2D eigenvalue weighted by Gasteiger charge is -2.05. The number of aryl methyl sites for hydroxylation is 1. The predicted molar refractivity (Wildman–Crippen MR) is 56.7 cm³/mol. The molecule has 1 aromatic heterocycles. The first-order valence-corrected chi connectivity index (χ1v) is 4.92. The van der Waals surface area contributed by atoms with E-state index < -0.39 is 0 Å². The molecule has 1 heterocycles. The van der Waals surface area contributed by atoms with E-state index in [9.17, 15) is 4.39 Å². The Kier molecular flexibility index (Phi) is 2.70. The molecular weight excluding hydrogens is 209 g/mol. The third-order valence-electron chi connectivity index (χ3n) is 2.47. The van der Waals surface area contributed by atoms with Crippen LogP contribution in [0.25, 0.3) is 5.69 Å². The van der Waals surface area contributed by atoms with Gasteiger partial charge in [-0.3, -0.25) is 0 Å². The van der Waals surface area contributed by atoms with Gasteiger partial charge in [0, 0.05) is 0 Å². The summed E-state index contributed by atoms with van der Waals surface area (Å²) in [6.45, 7) is 3.43. The van der Waals surface area contributed by atoms with Gasteiger partial charge in [-0.05, 0) is 31.5 Å². The molecule has 0 saturated heterocycles. The minimum absolute atomic E-state index is 0.195. The van der Waals surface area contributed by atoms with Crippen molar-refractivity contribution >= 4 is 0 Å². The summed E-state index contributed by atoms with van der Waals surface area (Å²) in [5.41, 5.74) is 2.40. The van der Waals surface area contributed by atoms with Gasteiger partial charge in [0.05, 0.1) is 12.3 Å². The van der Waals surface area contributed by atoms with Crippen molar-refractivity contribution in [2.45, 2.75) is 20.5 Å². The summed E-state index contributed by atoms with van der Waals surface area (Å²) in [5.74, 6) is -0.358. The molecule has 0 bridgehead atoms. The van der Waals surface area contributed by atoms with E-state index in [0.29, 0.717) is 17.1 Å². The third-order valence-corrected chi connectivity index (χ3v) is 2.47. The fourth-order valence-corrected chi connectivity index (χ4v) is 1.52. The van der Waals surface area contributed by atoms with Gasteiger partial charge in [0.1, 0.15) is 17.2 Å². The molecule has 2 rings (SSSR count). The number of aliphatic hydroxyl groups is 1. The molecule has 1 aromatic carbocycles. The lowest BCUT2D eigenvalue weighted by Crippen LogP contribution is -2.03. The van der Waals surface area contributed by atoms with Crippen molar-refractivity contribution in [1.82, 2.24) is 15.0 Å². The van der Waals surface area contributed by atoms with Crippen molar-refractivity contribution in [3.63, 3.8) is 0 Å². The molecule has 0 atom stereocenters. The number of aliphatic hydroxyl groups excluding tert-OH is 1. The zero-order chi connectivity index (χ0) is 11.7. The predicted octanol–water partition coefficient (Wildman–Crippen LogP) is 1.52. The summed E-state index contributed by atoms with van der Waals surface area (Å²) in [7, 11) is 0. The number of hydrogen-bond acceptors (Lipinski definition) is 3. The van der Waals surface area contributed by atoms with E-state index >= 15 is 0 Å². The van der Waals surface area contributed by atoms with E-state index in [1.54, 1.807) is 19.1 Å². The average Bonchev–Trinajstić information content (AvgIpc) is 2.63. The third kappa shape index (κ3) is 1.69. The van der Waals surface area contributed by atoms with Gasteiger partial charge < -0.3 is 5.11 Å². The van der Waals surface area contributed by atoms with Crippen LogP contribution in [-0.4, -0.2) is 20.1 Å². The SMILES string of the molecule is Cc1ccc(F)c(-n2nnc(CO)c2C)c1. The van der Waals surface area contributed by atoms with Gasteiger partial charge in [0.25, 0.3) is 0 Å². The number of rotatable bonds is 2. The quantitative estimate of drug-likeness (QED) is 0.836. The molecule has 0 spiro atoms. The van der Waals surface area contributed by atoms with Crippen LogP contribution in [0.1, 0.15) is 17.0 Å². The number of hydrogen-bond donors (Lipinski definition) is 1. The van der Waals surface area contributed by atoms with Crippen molar-refractivity contribution in [2.24, 2.45) is 0 Å². The van der Waals surface area contributed by atoms with Gasteiger partial charge in [0.15, 0.2) is 0 Å². The van der Waals surface area contributed by atoms with E-state index in [-0.39, 0.29) is 12.4 Å². The molecule has 5 heteroatoms. The van der Waals surface area contributed by atoms with Crippen LogP contribution >= 0.6 is 0 Å². The topological polar surface area (TPSA) is 50.9 Å². The lowest BCUT2D eigenvalue weighted by atomic mass is 10.2. The molecule has 1 N–H and O–H groups in total. The molecule has 0 saturated carbocycles. The first kappa shape index (κ1) is 10.8. The summed E-state index contributed by atoms with van der Waals surface area (Å²) in [6.07, 6.45) is 0. The van der Waals surface area contributed by atoms with Gasteiger partial charge in [-0.2, -0.15) is 0 Å². The molecule has 0 amide bonds. The Labute approximate surface area is 92.3 Å². The lowest BCUT2D eigenvalue weighted by molar-refractivity contribution is 0.276. The average molecular weight is 221 g/mol. The largest absolute Gasteiger partial charge is 0.390 e. The van der Waals surface area contributed by atoms with Crippen LogP contribution in [0.3, 0.4) is 0 Å². The molecule has 2 aromatic rings. The number of benzene rings is 1. The molecule has 0 aliphatic heterocycles. The highest BCUT2D eigenvalue weighted by atomic mass is 19.1. The van der Waals surface area contributed by atoms with Crippen molar-refractivity contribution in [3.8, 4) is 5.69 Å². The Bertz CT molecular complexity index is 522. The van der Waals surface area contributed by atoms with Gasteiger partial charge >= 0.3 is 0 Å². The van der Waals surface area contributed by atoms with Crippen LogP contribution in [0.2, 0.25) is 0 Å². The molecule has 0 radical (unpaired) electrons. The van der Waals surface area contributed by atoms with Crippen LogP contribution < -0.4 is 0 Å². The van der Waals surface area contributed by atoms with Crippen molar-refractivity contribution in [3.05, 3.63) is 41.0 Å².